The van der Waals surface area contributed by atoms with Gasteiger partial charge in [0.05, 0.1) is 5.41 Å². The second kappa shape index (κ2) is 8.92. The molecule has 2 atom stereocenters. The van der Waals surface area contributed by atoms with E-state index in [-0.39, 0.29) is 35.5 Å². The van der Waals surface area contributed by atoms with Gasteiger partial charge in [-0.15, -0.1) is 5.10 Å². The highest BCUT2D eigenvalue weighted by Gasteiger charge is 2.51. The van der Waals surface area contributed by atoms with Gasteiger partial charge in [-0.1, -0.05) is 37.3 Å². The number of hydrogen-bond donors (Lipinski definition) is 0. The van der Waals surface area contributed by atoms with Crippen LogP contribution in [0.5, 0.6) is 0 Å². The molecule has 10 heteroatoms. The highest BCUT2D eigenvalue weighted by atomic mass is 32.2. The number of aromatic nitrogens is 2. The van der Waals surface area contributed by atoms with Crippen molar-refractivity contribution in [3.05, 3.63) is 87.2 Å². The maximum Gasteiger partial charge on any atom is 0.436 e. The lowest BCUT2D eigenvalue weighted by Gasteiger charge is -2.44. The Bertz CT molecular complexity index is 1450. The molecule has 0 N–H and O–H groups in total. The van der Waals surface area contributed by atoms with Gasteiger partial charge in [0.25, 0.3) is 0 Å². The number of nitrogens with zero attached hydrogens (tertiary/aromatic N) is 3. The second-order valence-electron chi connectivity index (χ2n) is 10.2. The zero-order valence-electron chi connectivity index (χ0n) is 20.4. The Morgan fingerprint density at radius 3 is 2.39 bits per heavy atom. The van der Waals surface area contributed by atoms with Gasteiger partial charge in [0.1, 0.15) is 16.9 Å². The van der Waals surface area contributed by atoms with Crippen molar-refractivity contribution in [2.45, 2.75) is 62.8 Å². The van der Waals surface area contributed by atoms with E-state index in [2.05, 4.69) is 5.10 Å². The highest BCUT2D eigenvalue weighted by Crippen LogP contribution is 2.52. The number of rotatable bonds is 5. The van der Waals surface area contributed by atoms with Crippen LogP contribution in [-0.4, -0.2) is 28.5 Å². The summed E-state index contributed by atoms with van der Waals surface area (Å²) < 4.78 is 65.7. The van der Waals surface area contributed by atoms with Crippen LogP contribution in [-0.2, 0) is 29.0 Å². The summed E-state index contributed by atoms with van der Waals surface area (Å²) in [6, 6.07) is 10.8. The van der Waals surface area contributed by atoms with Gasteiger partial charge in [-0.2, -0.15) is 8.99 Å². The van der Waals surface area contributed by atoms with E-state index >= 15 is 8.78 Å². The van der Waals surface area contributed by atoms with Gasteiger partial charge in [-0.05, 0) is 56.2 Å². The third-order valence-corrected chi connectivity index (χ3v) is 10.0. The monoisotopic (exact) mass is 517 g/mol. The molecule has 1 saturated heterocycles. The van der Waals surface area contributed by atoms with Crippen LogP contribution in [0.4, 0.5) is 8.78 Å². The minimum atomic E-state index is -3.80. The van der Waals surface area contributed by atoms with Gasteiger partial charge in [-0.25, -0.2) is 22.0 Å². The van der Waals surface area contributed by atoms with E-state index in [0.29, 0.717) is 31.2 Å². The summed E-state index contributed by atoms with van der Waals surface area (Å²) in [5.41, 5.74) is -0.313. The standard InChI is InChI=1S/C26H29F2N3O4S/c1-16-13-26(14-16,24-29-30(3)25(32)35-24)20-12-21(27)19(11-22(20)28)15-31-17(2)9-10-23(36(31,33)34)18-7-5-4-6-8-18/h4-8,11-12,16-17,23H,9-10,13-15H2,1-3H3/t16-,17-,23+,26+/m0/s1. The molecule has 0 bridgehead atoms. The Kier molecular flexibility index (Phi) is 6.15. The molecular formula is C26H29F2N3O4S. The molecule has 36 heavy (non-hydrogen) atoms. The topological polar surface area (TPSA) is 85.4 Å². The molecule has 1 aliphatic heterocycles. The number of benzene rings is 2. The first-order valence-electron chi connectivity index (χ1n) is 12.1. The van der Waals surface area contributed by atoms with Crippen molar-refractivity contribution in [2.75, 3.05) is 0 Å². The first-order valence-corrected chi connectivity index (χ1v) is 13.6. The molecule has 1 aromatic heterocycles. The molecule has 0 radical (unpaired) electrons. The van der Waals surface area contributed by atoms with Crippen LogP contribution in [0.2, 0.25) is 0 Å². The quantitative estimate of drug-likeness (QED) is 0.500. The van der Waals surface area contributed by atoms with E-state index < -0.39 is 38.1 Å². The van der Waals surface area contributed by atoms with Crippen LogP contribution in [0.3, 0.4) is 0 Å². The van der Waals surface area contributed by atoms with Crippen molar-refractivity contribution in [1.29, 1.82) is 0 Å². The fourth-order valence-electron chi connectivity index (χ4n) is 5.78. The van der Waals surface area contributed by atoms with E-state index in [1.54, 1.807) is 31.2 Å². The third kappa shape index (κ3) is 4.00. The van der Waals surface area contributed by atoms with Gasteiger partial charge in [0.2, 0.25) is 15.9 Å². The van der Waals surface area contributed by atoms with Gasteiger partial charge in [0, 0.05) is 30.8 Å². The first-order chi connectivity index (χ1) is 17.0. The molecule has 1 saturated carbocycles. The largest absolute Gasteiger partial charge is 0.436 e. The number of sulfonamides is 1. The Morgan fingerprint density at radius 2 is 1.78 bits per heavy atom. The summed E-state index contributed by atoms with van der Waals surface area (Å²) in [6.07, 6.45) is 1.99. The third-order valence-electron chi connectivity index (χ3n) is 7.67. The number of aryl methyl sites for hydroxylation is 1. The molecule has 2 aromatic carbocycles. The summed E-state index contributed by atoms with van der Waals surface area (Å²) in [5, 5.41) is 3.40. The van der Waals surface area contributed by atoms with Crippen molar-refractivity contribution in [1.82, 2.24) is 14.1 Å². The van der Waals surface area contributed by atoms with Gasteiger partial charge in [0.15, 0.2) is 0 Å². The lowest BCUT2D eigenvalue weighted by Crippen LogP contribution is -2.45. The molecule has 2 fully saturated rings. The van der Waals surface area contributed by atoms with Crippen molar-refractivity contribution in [3.8, 4) is 0 Å². The smallest absolute Gasteiger partial charge is 0.391 e. The van der Waals surface area contributed by atoms with Crippen LogP contribution >= 0.6 is 0 Å². The van der Waals surface area contributed by atoms with Crippen LogP contribution in [0.15, 0.2) is 51.7 Å². The molecule has 0 amide bonds. The molecule has 2 heterocycles. The summed E-state index contributed by atoms with van der Waals surface area (Å²) >= 11 is 0. The minimum Gasteiger partial charge on any atom is -0.391 e. The average Bonchev–Trinajstić information content (AvgIpc) is 3.15. The summed E-state index contributed by atoms with van der Waals surface area (Å²) in [6.45, 7) is 3.50. The van der Waals surface area contributed by atoms with E-state index in [0.717, 1.165) is 16.8 Å². The summed E-state index contributed by atoms with van der Waals surface area (Å²) in [7, 11) is -2.36. The molecule has 3 aromatic rings. The number of hydrogen-bond acceptors (Lipinski definition) is 5. The predicted molar refractivity (Wildman–Crippen MR) is 130 cm³/mol. The molecule has 0 spiro atoms. The average molecular weight is 518 g/mol. The SMILES string of the molecule is C[C@H]1CC[C@H](c2ccccc2)S(=O)(=O)N1Cc1cc(F)c([C@]2(c3nn(C)c(=O)o3)C[C@@H](C)C2)cc1F. The molecule has 192 valence electrons. The van der Waals surface area contributed by atoms with Gasteiger partial charge < -0.3 is 4.42 Å². The Hall–Kier alpha value is -2.85. The van der Waals surface area contributed by atoms with Crippen molar-refractivity contribution in [2.24, 2.45) is 13.0 Å². The van der Waals surface area contributed by atoms with Gasteiger partial charge in [-0.3, -0.25) is 0 Å². The van der Waals surface area contributed by atoms with Crippen LogP contribution in [0.25, 0.3) is 0 Å². The van der Waals surface area contributed by atoms with Crippen LogP contribution < -0.4 is 5.76 Å². The normalized spacial score (nSPS) is 28.1. The van der Waals surface area contributed by atoms with Crippen molar-refractivity contribution >= 4 is 10.0 Å². The van der Waals surface area contributed by atoms with Crippen LogP contribution in [0, 0.1) is 17.6 Å². The molecule has 0 unspecified atom stereocenters. The van der Waals surface area contributed by atoms with E-state index in [9.17, 15) is 13.2 Å². The molecule has 5 rings (SSSR count). The van der Waals surface area contributed by atoms with E-state index in [4.69, 9.17) is 4.42 Å². The maximum atomic E-state index is 15.6. The minimum absolute atomic E-state index is 0.0367. The fourth-order valence-corrected chi connectivity index (χ4v) is 7.96. The second-order valence-corrected chi connectivity index (χ2v) is 12.3. The zero-order chi connectivity index (χ0) is 25.8. The zero-order valence-corrected chi connectivity index (χ0v) is 21.3. The highest BCUT2D eigenvalue weighted by molar-refractivity contribution is 7.89. The lowest BCUT2D eigenvalue weighted by atomic mass is 9.59. The van der Waals surface area contributed by atoms with E-state index in [1.807, 2.05) is 13.0 Å². The van der Waals surface area contributed by atoms with E-state index in [1.165, 1.54) is 11.4 Å². The Balaban J connectivity index is 1.49. The first kappa shape index (κ1) is 24.8. The van der Waals surface area contributed by atoms with Gasteiger partial charge >= 0.3 is 5.76 Å². The molecule has 7 nitrogen and oxygen atoms in total. The lowest BCUT2D eigenvalue weighted by molar-refractivity contribution is 0.155. The molecular weight excluding hydrogens is 488 g/mol. The van der Waals surface area contributed by atoms with Crippen LogP contribution in [0.1, 0.15) is 67.4 Å². The molecule has 1 aliphatic carbocycles. The molecule has 2 aliphatic rings. The predicted octanol–water partition coefficient (Wildman–Crippen LogP) is 4.42. The summed E-state index contributed by atoms with van der Waals surface area (Å²) in [4.78, 5) is 11.9. The summed E-state index contributed by atoms with van der Waals surface area (Å²) in [5.74, 6) is -1.76. The fraction of sp³-hybridized carbons (Fsp3) is 0.462. The maximum absolute atomic E-state index is 15.6. The Morgan fingerprint density at radius 1 is 1.08 bits per heavy atom. The van der Waals surface area contributed by atoms with Crippen molar-refractivity contribution < 1.29 is 21.6 Å². The Labute approximate surface area is 208 Å². The van der Waals surface area contributed by atoms with Crippen molar-refractivity contribution in [3.63, 3.8) is 0 Å². The number of halogens is 2.